The fourth-order valence-electron chi connectivity index (χ4n) is 1.95. The summed E-state index contributed by atoms with van der Waals surface area (Å²) in [6, 6.07) is 6.69. The molecule has 1 saturated heterocycles. The molecular weight excluding hydrogens is 246 g/mol. The smallest absolute Gasteiger partial charge is 0.338 e. The van der Waals surface area contributed by atoms with Crippen molar-refractivity contribution >= 4 is 17.6 Å². The number of esters is 1. The van der Waals surface area contributed by atoms with Crippen molar-refractivity contribution in [2.24, 2.45) is 0 Å². The standard InChI is InChI=1S/C14H17NO4/c1-2-18-14(17)10-5-3-6-11(9-10)15-13(16)12-7-4-8-19-12/h3,5-6,9,12H,2,4,7-8H2,1H3,(H,15,16)/t12-/m0/s1. The van der Waals surface area contributed by atoms with Gasteiger partial charge in [0.1, 0.15) is 6.10 Å². The number of carbonyl (C=O) groups excluding carboxylic acids is 2. The van der Waals surface area contributed by atoms with Crippen molar-refractivity contribution in [2.75, 3.05) is 18.5 Å². The van der Waals surface area contributed by atoms with E-state index in [0.717, 1.165) is 12.8 Å². The summed E-state index contributed by atoms with van der Waals surface area (Å²) in [6.07, 6.45) is 1.26. The molecular formula is C14H17NO4. The molecule has 1 heterocycles. The van der Waals surface area contributed by atoms with Crippen LogP contribution in [0.2, 0.25) is 0 Å². The lowest BCUT2D eigenvalue weighted by Crippen LogP contribution is -2.26. The van der Waals surface area contributed by atoms with Gasteiger partial charge in [0.15, 0.2) is 0 Å². The summed E-state index contributed by atoms with van der Waals surface area (Å²) in [5.41, 5.74) is 0.998. The molecule has 0 spiro atoms. The fourth-order valence-corrected chi connectivity index (χ4v) is 1.95. The summed E-state index contributed by atoms with van der Waals surface area (Å²) in [7, 11) is 0. The molecule has 5 nitrogen and oxygen atoms in total. The van der Waals surface area contributed by atoms with Crippen LogP contribution < -0.4 is 5.32 Å². The zero-order chi connectivity index (χ0) is 13.7. The minimum absolute atomic E-state index is 0.168. The molecule has 0 unspecified atom stereocenters. The van der Waals surface area contributed by atoms with Crippen molar-refractivity contribution in [3.05, 3.63) is 29.8 Å². The van der Waals surface area contributed by atoms with E-state index in [-0.39, 0.29) is 12.0 Å². The van der Waals surface area contributed by atoms with Gasteiger partial charge in [0, 0.05) is 12.3 Å². The van der Waals surface area contributed by atoms with E-state index in [9.17, 15) is 9.59 Å². The zero-order valence-electron chi connectivity index (χ0n) is 10.8. The number of amides is 1. The molecule has 0 bridgehead atoms. The molecule has 1 aromatic carbocycles. The van der Waals surface area contributed by atoms with Crippen LogP contribution in [0.25, 0.3) is 0 Å². The predicted octanol–water partition coefficient (Wildman–Crippen LogP) is 1.98. The summed E-state index contributed by atoms with van der Waals surface area (Å²) >= 11 is 0. The van der Waals surface area contributed by atoms with Gasteiger partial charge >= 0.3 is 5.97 Å². The first-order valence-electron chi connectivity index (χ1n) is 6.40. The molecule has 1 fully saturated rings. The summed E-state index contributed by atoms with van der Waals surface area (Å²) < 4.78 is 10.2. The van der Waals surface area contributed by atoms with Gasteiger partial charge in [-0.15, -0.1) is 0 Å². The van der Waals surface area contributed by atoms with Crippen molar-refractivity contribution in [1.29, 1.82) is 0 Å². The van der Waals surface area contributed by atoms with Crippen LogP contribution in [0.4, 0.5) is 5.69 Å². The normalized spacial score (nSPS) is 18.1. The first-order valence-corrected chi connectivity index (χ1v) is 6.40. The average molecular weight is 263 g/mol. The van der Waals surface area contributed by atoms with Gasteiger partial charge < -0.3 is 14.8 Å². The lowest BCUT2D eigenvalue weighted by molar-refractivity contribution is -0.124. The van der Waals surface area contributed by atoms with Gasteiger partial charge in [0.2, 0.25) is 0 Å². The highest BCUT2D eigenvalue weighted by molar-refractivity contribution is 5.96. The molecule has 0 saturated carbocycles. The third-order valence-corrected chi connectivity index (χ3v) is 2.86. The van der Waals surface area contributed by atoms with Crippen molar-refractivity contribution in [2.45, 2.75) is 25.9 Å². The number of hydrogen-bond acceptors (Lipinski definition) is 4. The van der Waals surface area contributed by atoms with E-state index in [1.54, 1.807) is 31.2 Å². The van der Waals surface area contributed by atoms with Crippen molar-refractivity contribution in [3.8, 4) is 0 Å². The Morgan fingerprint density at radius 3 is 3.00 bits per heavy atom. The Morgan fingerprint density at radius 1 is 1.47 bits per heavy atom. The quantitative estimate of drug-likeness (QED) is 0.844. The van der Waals surface area contributed by atoms with Crippen LogP contribution in [0.1, 0.15) is 30.1 Å². The van der Waals surface area contributed by atoms with E-state index < -0.39 is 5.97 Å². The molecule has 5 heteroatoms. The maximum Gasteiger partial charge on any atom is 0.338 e. The summed E-state index contributed by atoms with van der Waals surface area (Å²) in [4.78, 5) is 23.4. The molecule has 1 amide bonds. The highest BCUT2D eigenvalue weighted by Crippen LogP contribution is 2.16. The molecule has 0 radical (unpaired) electrons. The molecule has 1 aliphatic heterocycles. The van der Waals surface area contributed by atoms with E-state index in [1.165, 1.54) is 0 Å². The predicted molar refractivity (Wildman–Crippen MR) is 70.0 cm³/mol. The number of benzene rings is 1. The number of hydrogen-bond donors (Lipinski definition) is 1. The third-order valence-electron chi connectivity index (χ3n) is 2.86. The first kappa shape index (κ1) is 13.5. The van der Waals surface area contributed by atoms with Crippen LogP contribution in [-0.4, -0.2) is 31.2 Å². The Hall–Kier alpha value is -1.88. The third kappa shape index (κ3) is 3.54. The summed E-state index contributed by atoms with van der Waals surface area (Å²) in [5, 5.41) is 2.75. The van der Waals surface area contributed by atoms with Crippen LogP contribution in [0, 0.1) is 0 Å². The minimum Gasteiger partial charge on any atom is -0.462 e. The van der Waals surface area contributed by atoms with Crippen molar-refractivity contribution in [1.82, 2.24) is 0 Å². The van der Waals surface area contributed by atoms with Crippen LogP contribution in [0.15, 0.2) is 24.3 Å². The molecule has 19 heavy (non-hydrogen) atoms. The Labute approximate surface area is 111 Å². The molecule has 2 rings (SSSR count). The van der Waals surface area contributed by atoms with Gasteiger partial charge in [0.25, 0.3) is 5.91 Å². The van der Waals surface area contributed by atoms with Gasteiger partial charge in [-0.2, -0.15) is 0 Å². The SMILES string of the molecule is CCOC(=O)c1cccc(NC(=O)[C@@H]2CCCO2)c1. The minimum atomic E-state index is -0.393. The molecule has 1 aromatic rings. The number of nitrogens with one attached hydrogen (secondary N) is 1. The number of anilines is 1. The molecule has 0 aliphatic carbocycles. The van der Waals surface area contributed by atoms with Crippen molar-refractivity contribution < 1.29 is 19.1 Å². The number of rotatable bonds is 4. The molecule has 102 valence electrons. The van der Waals surface area contributed by atoms with Crippen LogP contribution in [0.3, 0.4) is 0 Å². The molecule has 1 N–H and O–H groups in total. The van der Waals surface area contributed by atoms with E-state index in [2.05, 4.69) is 5.32 Å². The van der Waals surface area contributed by atoms with Gasteiger partial charge in [-0.3, -0.25) is 4.79 Å². The van der Waals surface area contributed by atoms with Gasteiger partial charge in [-0.1, -0.05) is 6.07 Å². The van der Waals surface area contributed by atoms with E-state index in [1.807, 2.05) is 0 Å². The average Bonchev–Trinajstić information content (AvgIpc) is 2.93. The molecule has 1 aliphatic rings. The maximum atomic E-state index is 11.9. The fraction of sp³-hybridized carbons (Fsp3) is 0.429. The van der Waals surface area contributed by atoms with E-state index >= 15 is 0 Å². The molecule has 0 aromatic heterocycles. The lowest BCUT2D eigenvalue weighted by Gasteiger charge is -2.11. The Morgan fingerprint density at radius 2 is 2.32 bits per heavy atom. The maximum absolute atomic E-state index is 11.9. The Bertz CT molecular complexity index is 466. The second-order valence-electron chi connectivity index (χ2n) is 4.29. The van der Waals surface area contributed by atoms with Gasteiger partial charge in [-0.05, 0) is 38.0 Å². The number of ether oxygens (including phenoxy) is 2. The zero-order valence-corrected chi connectivity index (χ0v) is 10.8. The van der Waals surface area contributed by atoms with Crippen LogP contribution >= 0.6 is 0 Å². The lowest BCUT2D eigenvalue weighted by atomic mass is 10.2. The summed E-state index contributed by atoms with van der Waals surface area (Å²) in [5.74, 6) is -0.561. The first-order chi connectivity index (χ1) is 9.20. The Balaban J connectivity index is 2.02. The largest absolute Gasteiger partial charge is 0.462 e. The topological polar surface area (TPSA) is 64.6 Å². The van der Waals surface area contributed by atoms with E-state index in [4.69, 9.17) is 9.47 Å². The van der Waals surface area contributed by atoms with Crippen LogP contribution in [0.5, 0.6) is 0 Å². The highest BCUT2D eigenvalue weighted by Gasteiger charge is 2.23. The Kier molecular flexibility index (Phi) is 4.52. The number of carbonyl (C=O) groups is 2. The molecule has 1 atom stereocenters. The van der Waals surface area contributed by atoms with Gasteiger partial charge in [-0.25, -0.2) is 4.79 Å². The van der Waals surface area contributed by atoms with Gasteiger partial charge in [0.05, 0.1) is 12.2 Å². The van der Waals surface area contributed by atoms with Crippen molar-refractivity contribution in [3.63, 3.8) is 0 Å². The van der Waals surface area contributed by atoms with E-state index in [0.29, 0.717) is 24.5 Å². The second-order valence-corrected chi connectivity index (χ2v) is 4.29. The summed E-state index contributed by atoms with van der Waals surface area (Å²) in [6.45, 7) is 2.70. The highest BCUT2D eigenvalue weighted by atomic mass is 16.5. The monoisotopic (exact) mass is 263 g/mol. The van der Waals surface area contributed by atoms with Crippen LogP contribution in [-0.2, 0) is 14.3 Å². The second kappa shape index (κ2) is 6.33.